The number of halogens is 1. The highest BCUT2D eigenvalue weighted by atomic mass is 35.5. The zero-order valence-electron chi connectivity index (χ0n) is 20.9. The van der Waals surface area contributed by atoms with Crippen molar-refractivity contribution in [1.82, 2.24) is 9.58 Å². The SMILES string of the molecule is CN(C)c1ccc(C=Nn2cc[n+](N=Cc3ccc(N(C)C)cc3)c2C=CN2CCCC2)cc1.[Cl-]. The molecule has 8 heteroatoms. The maximum absolute atomic E-state index is 4.71. The Morgan fingerprint density at radius 1 is 0.800 bits per heavy atom. The van der Waals surface area contributed by atoms with Crippen LogP contribution in [0.3, 0.4) is 0 Å². The van der Waals surface area contributed by atoms with Gasteiger partial charge in [0.15, 0.2) is 12.4 Å². The average molecular weight is 492 g/mol. The van der Waals surface area contributed by atoms with Crippen LogP contribution >= 0.6 is 0 Å². The molecule has 7 nitrogen and oxygen atoms in total. The molecule has 0 spiro atoms. The van der Waals surface area contributed by atoms with E-state index >= 15 is 0 Å². The molecule has 1 aromatic heterocycles. The highest BCUT2D eigenvalue weighted by Crippen LogP contribution is 2.13. The van der Waals surface area contributed by atoms with E-state index in [-0.39, 0.29) is 12.4 Å². The third-order valence-corrected chi connectivity index (χ3v) is 5.87. The van der Waals surface area contributed by atoms with Gasteiger partial charge in [0.05, 0.1) is 12.4 Å². The van der Waals surface area contributed by atoms with E-state index in [0.29, 0.717) is 0 Å². The fourth-order valence-corrected chi connectivity index (χ4v) is 3.77. The van der Waals surface area contributed by atoms with Crippen molar-refractivity contribution >= 4 is 29.9 Å². The summed E-state index contributed by atoms with van der Waals surface area (Å²) in [6, 6.07) is 16.7. The van der Waals surface area contributed by atoms with E-state index < -0.39 is 0 Å². The number of benzene rings is 2. The number of imidazole rings is 1. The summed E-state index contributed by atoms with van der Waals surface area (Å²) in [5, 5.41) is 9.42. The van der Waals surface area contributed by atoms with Crippen molar-refractivity contribution in [2.45, 2.75) is 12.8 Å². The van der Waals surface area contributed by atoms with Crippen molar-refractivity contribution in [3.8, 4) is 0 Å². The molecule has 0 atom stereocenters. The summed E-state index contributed by atoms with van der Waals surface area (Å²) in [6.45, 7) is 2.19. The van der Waals surface area contributed by atoms with Crippen molar-refractivity contribution in [1.29, 1.82) is 0 Å². The Morgan fingerprint density at radius 3 is 1.89 bits per heavy atom. The van der Waals surface area contributed by atoms with Crippen LogP contribution in [-0.4, -0.2) is 63.3 Å². The molecule has 1 fully saturated rings. The molecule has 0 aliphatic carbocycles. The average Bonchev–Trinajstić information content (AvgIpc) is 3.50. The van der Waals surface area contributed by atoms with Crippen molar-refractivity contribution in [2.24, 2.45) is 10.2 Å². The third kappa shape index (κ3) is 6.96. The van der Waals surface area contributed by atoms with Crippen molar-refractivity contribution in [3.63, 3.8) is 0 Å². The van der Waals surface area contributed by atoms with E-state index in [1.54, 1.807) is 0 Å². The van der Waals surface area contributed by atoms with Crippen LogP contribution in [0.1, 0.15) is 29.8 Å². The molecule has 0 radical (unpaired) electrons. The molecule has 0 unspecified atom stereocenters. The first-order valence-corrected chi connectivity index (χ1v) is 11.7. The summed E-state index contributed by atoms with van der Waals surface area (Å²) in [5.74, 6) is 0.884. The lowest BCUT2D eigenvalue weighted by molar-refractivity contribution is -0.679. The molecule has 1 aliphatic heterocycles. The van der Waals surface area contributed by atoms with Gasteiger partial charge in [-0.2, -0.15) is 0 Å². The van der Waals surface area contributed by atoms with E-state index in [1.807, 2.05) is 62.4 Å². The number of rotatable bonds is 8. The molecule has 0 saturated carbocycles. The second-order valence-electron chi connectivity index (χ2n) is 8.87. The number of anilines is 2. The van der Waals surface area contributed by atoms with Crippen LogP contribution in [0.2, 0.25) is 0 Å². The minimum atomic E-state index is 0. The first-order chi connectivity index (χ1) is 16.5. The summed E-state index contributed by atoms with van der Waals surface area (Å²) < 4.78 is 3.72. The first kappa shape index (κ1) is 26.0. The maximum atomic E-state index is 4.71. The van der Waals surface area contributed by atoms with E-state index in [9.17, 15) is 0 Å². The van der Waals surface area contributed by atoms with Gasteiger partial charge in [0.2, 0.25) is 0 Å². The van der Waals surface area contributed by atoms with Crippen LogP contribution in [-0.2, 0) is 0 Å². The quantitative estimate of drug-likeness (QED) is 0.345. The standard InChI is InChI=1S/C27H34N7.ClH/c1-30(2)25-11-7-23(8-12-25)21-28-33-19-20-34(27(33)15-18-32-16-5-6-17-32)29-22-24-9-13-26(14-10-24)31(3)4;/h7-15,18-22H,5-6,16-17H2,1-4H3;1H/q+1;/p-1. The third-order valence-electron chi connectivity index (χ3n) is 5.87. The Balaban J connectivity index is 0.00000342. The van der Waals surface area contributed by atoms with Crippen molar-refractivity contribution < 1.29 is 17.1 Å². The van der Waals surface area contributed by atoms with Gasteiger partial charge in [-0.25, -0.2) is 0 Å². The van der Waals surface area contributed by atoms with Crippen LogP contribution in [0, 0.1) is 0 Å². The fourth-order valence-electron chi connectivity index (χ4n) is 3.77. The summed E-state index contributed by atoms with van der Waals surface area (Å²) in [5.41, 5.74) is 4.42. The van der Waals surface area contributed by atoms with Crippen molar-refractivity contribution in [2.75, 3.05) is 51.1 Å². The van der Waals surface area contributed by atoms with Gasteiger partial charge in [-0.05, 0) is 48.2 Å². The largest absolute Gasteiger partial charge is 1.00 e. The fraction of sp³-hybridized carbons (Fsp3) is 0.296. The molecule has 2 aromatic carbocycles. The first-order valence-electron chi connectivity index (χ1n) is 11.7. The van der Waals surface area contributed by atoms with Crippen LogP contribution < -0.4 is 26.9 Å². The normalized spacial score (nSPS) is 13.8. The predicted octanol–water partition coefficient (Wildman–Crippen LogP) is 0.743. The lowest BCUT2D eigenvalue weighted by Crippen LogP contribution is -3.00. The van der Waals surface area contributed by atoms with Gasteiger partial charge in [0, 0.05) is 64.9 Å². The second kappa shape index (κ2) is 12.2. The van der Waals surface area contributed by atoms with Gasteiger partial charge in [-0.1, -0.05) is 43.8 Å². The molecule has 1 aliphatic rings. The Bertz CT molecular complexity index is 1070. The van der Waals surface area contributed by atoms with Crippen LogP contribution in [0.5, 0.6) is 0 Å². The molecule has 4 rings (SSSR count). The lowest BCUT2D eigenvalue weighted by atomic mass is 10.2. The molecule has 0 bridgehead atoms. The summed E-state index contributed by atoms with van der Waals surface area (Å²) in [7, 11) is 8.16. The highest BCUT2D eigenvalue weighted by Gasteiger charge is 2.15. The Morgan fingerprint density at radius 2 is 1.34 bits per heavy atom. The zero-order valence-corrected chi connectivity index (χ0v) is 21.7. The zero-order chi connectivity index (χ0) is 23.9. The van der Waals surface area contributed by atoms with Crippen molar-refractivity contribution in [3.05, 3.63) is 84.1 Å². The van der Waals surface area contributed by atoms with Gasteiger partial charge < -0.3 is 27.1 Å². The number of aromatic nitrogens is 2. The van der Waals surface area contributed by atoms with Gasteiger partial charge in [0.1, 0.15) is 0 Å². The Hall–Kier alpha value is -3.58. The second-order valence-corrected chi connectivity index (χ2v) is 8.87. The molecular weight excluding hydrogens is 458 g/mol. The Labute approximate surface area is 214 Å². The maximum Gasteiger partial charge on any atom is 0.334 e. The van der Waals surface area contributed by atoms with Crippen LogP contribution in [0.25, 0.3) is 6.08 Å². The van der Waals surface area contributed by atoms with Crippen LogP contribution in [0.15, 0.2) is 77.3 Å². The minimum absolute atomic E-state index is 0. The predicted molar refractivity (Wildman–Crippen MR) is 142 cm³/mol. The van der Waals surface area contributed by atoms with Gasteiger partial charge >= 0.3 is 5.82 Å². The molecule has 1 saturated heterocycles. The molecular formula is C27H34ClN7. The molecule has 0 amide bonds. The molecule has 0 N–H and O–H groups in total. The number of hydrogen-bond acceptors (Lipinski definition) is 5. The van der Waals surface area contributed by atoms with Gasteiger partial charge in [-0.3, -0.25) is 0 Å². The van der Waals surface area contributed by atoms with Gasteiger partial charge in [-0.15, -0.1) is 0 Å². The van der Waals surface area contributed by atoms with E-state index in [2.05, 4.69) is 75.5 Å². The summed E-state index contributed by atoms with van der Waals surface area (Å²) in [4.78, 5) is 6.52. The molecule has 184 valence electrons. The monoisotopic (exact) mass is 491 g/mol. The number of likely N-dealkylation sites (tertiary alicyclic amines) is 1. The highest BCUT2D eigenvalue weighted by molar-refractivity contribution is 5.80. The van der Waals surface area contributed by atoms with E-state index in [4.69, 9.17) is 10.2 Å². The van der Waals surface area contributed by atoms with E-state index in [0.717, 1.165) is 41.4 Å². The Kier molecular flexibility index (Phi) is 9.09. The number of nitrogens with zero attached hydrogens (tertiary/aromatic N) is 7. The van der Waals surface area contributed by atoms with Crippen LogP contribution in [0.4, 0.5) is 11.4 Å². The molecule has 3 aromatic rings. The smallest absolute Gasteiger partial charge is 0.334 e. The number of hydrogen-bond donors (Lipinski definition) is 0. The topological polar surface area (TPSA) is 43.2 Å². The van der Waals surface area contributed by atoms with Gasteiger partial charge in [0.25, 0.3) is 0 Å². The molecule has 2 heterocycles. The summed E-state index contributed by atoms with van der Waals surface area (Å²) in [6.07, 6.45) is 14.3. The molecule has 35 heavy (non-hydrogen) atoms. The minimum Gasteiger partial charge on any atom is -1.00 e. The lowest BCUT2D eigenvalue weighted by Gasteiger charge is -2.11. The summed E-state index contributed by atoms with van der Waals surface area (Å²) >= 11 is 0. The van der Waals surface area contributed by atoms with E-state index in [1.165, 1.54) is 12.8 Å².